The number of anilines is 1. The maximum absolute atomic E-state index is 13.8. The summed E-state index contributed by atoms with van der Waals surface area (Å²) in [4.78, 5) is 26.5. The highest BCUT2D eigenvalue weighted by Gasteiger charge is 2.51. The van der Waals surface area contributed by atoms with Gasteiger partial charge in [-0.3, -0.25) is 4.79 Å². The van der Waals surface area contributed by atoms with E-state index in [1.807, 2.05) is 0 Å². The largest absolute Gasteiger partial charge is 0.394 e. The summed E-state index contributed by atoms with van der Waals surface area (Å²) >= 11 is 1.80. The van der Waals surface area contributed by atoms with Crippen LogP contribution < -0.4 is 11.4 Å². The molecule has 0 bridgehead atoms. The van der Waals surface area contributed by atoms with Crippen LogP contribution in [0.3, 0.4) is 0 Å². The first-order chi connectivity index (χ1) is 10.2. The minimum absolute atomic E-state index is 0.0182. The Morgan fingerprint density at radius 1 is 1.55 bits per heavy atom. The van der Waals surface area contributed by atoms with Crippen LogP contribution in [0.15, 0.2) is 15.1 Å². The van der Waals surface area contributed by atoms with Gasteiger partial charge in [0.15, 0.2) is 6.10 Å². The van der Waals surface area contributed by atoms with Crippen molar-refractivity contribution in [1.29, 1.82) is 0 Å². The van der Waals surface area contributed by atoms with Gasteiger partial charge in [-0.05, 0) is 10.2 Å². The molecule has 1 aromatic heterocycles. The van der Waals surface area contributed by atoms with E-state index in [2.05, 4.69) is 4.98 Å². The average molecular weight is 431 g/mol. The van der Waals surface area contributed by atoms with Gasteiger partial charge >= 0.3 is 17.5 Å². The highest BCUT2D eigenvalue weighted by molar-refractivity contribution is 14.1. The van der Waals surface area contributed by atoms with E-state index < -0.39 is 36.3 Å². The Morgan fingerprint density at radius 2 is 2.14 bits per heavy atom. The number of carbonyl (C=O) groups excluding carboxylic acids is 1. The van der Waals surface area contributed by atoms with Crippen LogP contribution in [0.2, 0.25) is 0 Å². The quantitative estimate of drug-likeness (QED) is 0.449. The van der Waals surface area contributed by atoms with Gasteiger partial charge in [0, 0.05) is 11.8 Å². The highest BCUT2D eigenvalue weighted by atomic mass is 127. The maximum atomic E-state index is 13.8. The van der Waals surface area contributed by atoms with Crippen LogP contribution in [-0.4, -0.2) is 55.5 Å². The van der Waals surface area contributed by atoms with E-state index in [1.54, 1.807) is 22.6 Å². The molecule has 1 heterocycles. The van der Waals surface area contributed by atoms with Crippen LogP contribution in [0.1, 0.15) is 10.4 Å². The number of hydrogen-bond donors (Lipinski definition) is 4. The lowest BCUT2D eigenvalue weighted by molar-refractivity contribution is -0.136. The summed E-state index contributed by atoms with van der Waals surface area (Å²) in [6.45, 7) is -1.19. The van der Waals surface area contributed by atoms with E-state index in [4.69, 9.17) is 15.9 Å². The SMILES string of the molecule is Nc1nc(=O)n(C(=O)C(F)(F)[C@@H](O)[C@H](O)CO)cc1C=CI. The Labute approximate surface area is 136 Å². The van der Waals surface area contributed by atoms with E-state index in [9.17, 15) is 23.5 Å². The second-order valence-electron chi connectivity index (χ2n) is 4.15. The van der Waals surface area contributed by atoms with Gasteiger partial charge < -0.3 is 21.1 Å². The fourth-order valence-corrected chi connectivity index (χ4v) is 1.84. The number of alkyl halides is 2. The predicted octanol–water partition coefficient (Wildman–Crippen LogP) is -0.779. The van der Waals surface area contributed by atoms with Crippen molar-refractivity contribution in [2.24, 2.45) is 0 Å². The lowest BCUT2D eigenvalue weighted by atomic mass is 10.1. The zero-order chi connectivity index (χ0) is 17.1. The third kappa shape index (κ3) is 3.66. The van der Waals surface area contributed by atoms with E-state index >= 15 is 0 Å². The highest BCUT2D eigenvalue weighted by Crippen LogP contribution is 2.23. The second kappa shape index (κ2) is 7.21. The number of aliphatic hydroxyl groups excluding tert-OH is 3. The summed E-state index contributed by atoms with van der Waals surface area (Å²) < 4.78 is 29.1. The van der Waals surface area contributed by atoms with Crippen LogP contribution >= 0.6 is 22.6 Å². The lowest BCUT2D eigenvalue weighted by Gasteiger charge is -2.24. The van der Waals surface area contributed by atoms with Gasteiger partial charge in [0.05, 0.1) is 6.61 Å². The molecule has 0 aromatic carbocycles. The van der Waals surface area contributed by atoms with Gasteiger partial charge in [0.2, 0.25) is 0 Å². The summed E-state index contributed by atoms with van der Waals surface area (Å²) in [5, 5.41) is 26.8. The average Bonchev–Trinajstić information content (AvgIpc) is 2.47. The molecule has 0 spiro atoms. The van der Waals surface area contributed by atoms with Gasteiger partial charge in [-0.15, -0.1) is 0 Å². The Bertz CT molecular complexity index is 649. The second-order valence-corrected chi connectivity index (χ2v) is 4.87. The first-order valence-electron chi connectivity index (χ1n) is 5.72. The standard InChI is InChI=1S/C11H12F2IN3O5/c12-11(13,7(20)6(19)4-18)9(21)17-3-5(1-2-14)8(15)16-10(17)22/h1-3,6-7,18-20H,4H2,(H2,15,16,22)/t6-,7+/m1/s1. The van der Waals surface area contributed by atoms with E-state index in [0.29, 0.717) is 0 Å². The van der Waals surface area contributed by atoms with Crippen molar-refractivity contribution < 1.29 is 28.9 Å². The number of nitrogens with two attached hydrogens (primary N) is 1. The topological polar surface area (TPSA) is 139 Å². The van der Waals surface area contributed by atoms with Crippen molar-refractivity contribution in [3.8, 4) is 0 Å². The molecule has 0 fully saturated rings. The first-order valence-corrected chi connectivity index (χ1v) is 6.96. The van der Waals surface area contributed by atoms with Gasteiger partial charge in [0.1, 0.15) is 11.9 Å². The summed E-state index contributed by atoms with van der Waals surface area (Å²) in [7, 11) is 0. The van der Waals surface area contributed by atoms with E-state index in [1.165, 1.54) is 10.2 Å². The number of halogens is 3. The maximum Gasteiger partial charge on any atom is 0.356 e. The monoisotopic (exact) mass is 431 g/mol. The smallest absolute Gasteiger partial charge is 0.356 e. The zero-order valence-corrected chi connectivity index (χ0v) is 13.0. The van der Waals surface area contributed by atoms with E-state index in [0.717, 1.165) is 6.20 Å². The molecule has 22 heavy (non-hydrogen) atoms. The molecular weight excluding hydrogens is 419 g/mol. The Kier molecular flexibility index (Phi) is 6.10. The fourth-order valence-electron chi connectivity index (χ4n) is 1.45. The van der Waals surface area contributed by atoms with Crippen molar-refractivity contribution in [2.45, 2.75) is 18.1 Å². The zero-order valence-electron chi connectivity index (χ0n) is 10.9. The molecule has 0 radical (unpaired) electrons. The molecule has 0 aliphatic heterocycles. The number of rotatable bonds is 5. The minimum atomic E-state index is -4.52. The summed E-state index contributed by atoms with van der Waals surface area (Å²) in [5.74, 6) is -6.89. The molecule has 11 heteroatoms. The van der Waals surface area contributed by atoms with Crippen LogP contribution in [-0.2, 0) is 0 Å². The number of nitrogen functional groups attached to an aromatic ring is 1. The molecular formula is C11H12F2IN3O5. The van der Waals surface area contributed by atoms with Crippen molar-refractivity contribution >= 4 is 40.4 Å². The molecule has 0 saturated carbocycles. The molecule has 8 nitrogen and oxygen atoms in total. The Morgan fingerprint density at radius 3 is 2.64 bits per heavy atom. The van der Waals surface area contributed by atoms with Crippen molar-refractivity contribution in [3.05, 3.63) is 26.3 Å². The third-order valence-corrected chi connectivity index (χ3v) is 3.02. The summed E-state index contributed by atoms with van der Waals surface area (Å²) in [6, 6.07) is 0. The summed E-state index contributed by atoms with van der Waals surface area (Å²) in [6.07, 6.45) is -3.08. The van der Waals surface area contributed by atoms with Crippen molar-refractivity contribution in [3.63, 3.8) is 0 Å². The van der Waals surface area contributed by atoms with Crippen LogP contribution in [0.4, 0.5) is 14.6 Å². The molecule has 0 unspecified atom stereocenters. The molecule has 122 valence electrons. The number of aromatic nitrogens is 2. The van der Waals surface area contributed by atoms with E-state index in [-0.39, 0.29) is 15.9 Å². The van der Waals surface area contributed by atoms with Crippen LogP contribution in [0.25, 0.3) is 6.08 Å². The molecule has 1 aromatic rings. The molecule has 0 saturated heterocycles. The fraction of sp³-hybridized carbons (Fsp3) is 0.364. The number of aliphatic hydroxyl groups is 3. The summed E-state index contributed by atoms with van der Waals surface area (Å²) in [5.41, 5.74) is 4.09. The van der Waals surface area contributed by atoms with Gasteiger partial charge in [-0.2, -0.15) is 13.8 Å². The predicted molar refractivity (Wildman–Crippen MR) is 80.6 cm³/mol. The first kappa shape index (κ1) is 18.6. The number of nitrogens with zero attached hydrogens (tertiary/aromatic N) is 2. The van der Waals surface area contributed by atoms with Crippen LogP contribution in [0, 0.1) is 0 Å². The van der Waals surface area contributed by atoms with Crippen molar-refractivity contribution in [1.82, 2.24) is 9.55 Å². The Balaban J connectivity index is 3.33. The molecule has 0 aliphatic carbocycles. The minimum Gasteiger partial charge on any atom is -0.394 e. The van der Waals surface area contributed by atoms with Crippen LogP contribution in [0.5, 0.6) is 0 Å². The molecule has 5 N–H and O–H groups in total. The molecule has 0 amide bonds. The lowest BCUT2D eigenvalue weighted by Crippen LogP contribution is -2.53. The molecule has 1 rings (SSSR count). The normalized spacial score (nSPS) is 15.0. The van der Waals surface area contributed by atoms with Gasteiger partial charge in [0.25, 0.3) is 0 Å². The Hall–Kier alpha value is -1.44. The van der Waals surface area contributed by atoms with Crippen molar-refractivity contribution in [2.75, 3.05) is 12.3 Å². The molecule has 2 atom stereocenters. The molecule has 0 aliphatic rings. The third-order valence-electron chi connectivity index (χ3n) is 2.66. The number of hydrogen-bond acceptors (Lipinski definition) is 7. The number of carbonyl (C=O) groups is 1. The van der Waals surface area contributed by atoms with Gasteiger partial charge in [-0.1, -0.05) is 22.6 Å². The van der Waals surface area contributed by atoms with Gasteiger partial charge in [-0.25, -0.2) is 9.36 Å².